The van der Waals surface area contributed by atoms with Crippen molar-refractivity contribution in [3.63, 3.8) is 0 Å². The second-order valence-electron chi connectivity index (χ2n) is 6.75. The Balaban J connectivity index is 1.43. The van der Waals surface area contributed by atoms with Crippen molar-refractivity contribution in [2.24, 2.45) is 5.92 Å². The van der Waals surface area contributed by atoms with Gasteiger partial charge in [-0.05, 0) is 36.3 Å². The van der Waals surface area contributed by atoms with Crippen LogP contribution in [0.15, 0.2) is 23.6 Å². The summed E-state index contributed by atoms with van der Waals surface area (Å²) in [6, 6.07) is 5.91. The molecule has 0 aliphatic carbocycles. The normalized spacial score (nSPS) is 15.1. The maximum absolute atomic E-state index is 12.3. The van der Waals surface area contributed by atoms with E-state index in [1.165, 1.54) is 0 Å². The Morgan fingerprint density at radius 2 is 2.19 bits per heavy atom. The zero-order chi connectivity index (χ0) is 18.5. The molecule has 1 fully saturated rings. The minimum absolute atomic E-state index is 0.0914. The number of H-pyrrole nitrogens is 1. The predicted molar refractivity (Wildman–Crippen MR) is 102 cm³/mol. The number of piperidine rings is 1. The van der Waals surface area contributed by atoms with Crippen molar-refractivity contribution in [2.45, 2.75) is 26.3 Å². The van der Waals surface area contributed by atoms with Gasteiger partial charge in [0.2, 0.25) is 5.91 Å². The van der Waals surface area contributed by atoms with Crippen molar-refractivity contribution in [1.82, 2.24) is 25.3 Å². The fourth-order valence-electron chi connectivity index (χ4n) is 3.14. The van der Waals surface area contributed by atoms with Gasteiger partial charge in [-0.1, -0.05) is 6.07 Å². The molecule has 1 saturated heterocycles. The largest absolute Gasteiger partial charge is 0.343 e. The number of nitrogens with one attached hydrogen (secondary N) is 2. The first-order chi connectivity index (χ1) is 12.5. The molecule has 140 valence electrons. The summed E-state index contributed by atoms with van der Waals surface area (Å²) in [6.07, 6.45) is 1.88. The molecular formula is C18H25N5O2S. The lowest BCUT2D eigenvalue weighted by Gasteiger charge is -2.31. The first-order valence-corrected chi connectivity index (χ1v) is 9.73. The summed E-state index contributed by atoms with van der Waals surface area (Å²) < 4.78 is 0. The topological polar surface area (TPSA) is 81.3 Å². The van der Waals surface area contributed by atoms with Crippen molar-refractivity contribution in [1.29, 1.82) is 0 Å². The number of rotatable bonds is 5. The molecular weight excluding hydrogens is 350 g/mol. The second kappa shape index (κ2) is 8.35. The molecule has 2 aromatic rings. The van der Waals surface area contributed by atoms with E-state index in [0.717, 1.165) is 42.2 Å². The molecule has 0 unspecified atom stereocenters. The van der Waals surface area contributed by atoms with Crippen LogP contribution in [0.1, 0.15) is 25.5 Å². The number of thiophene rings is 1. The Morgan fingerprint density at radius 3 is 2.85 bits per heavy atom. The quantitative estimate of drug-likeness (QED) is 0.843. The summed E-state index contributed by atoms with van der Waals surface area (Å²) in [5, 5.41) is 12.3. The first kappa shape index (κ1) is 18.4. The van der Waals surface area contributed by atoms with Crippen LogP contribution in [0.4, 0.5) is 4.79 Å². The van der Waals surface area contributed by atoms with Crippen LogP contribution in [-0.4, -0.2) is 58.6 Å². The van der Waals surface area contributed by atoms with E-state index in [2.05, 4.69) is 15.5 Å². The van der Waals surface area contributed by atoms with Gasteiger partial charge >= 0.3 is 6.03 Å². The smallest absolute Gasteiger partial charge is 0.317 e. The van der Waals surface area contributed by atoms with Crippen LogP contribution in [0.2, 0.25) is 0 Å². The van der Waals surface area contributed by atoms with Crippen LogP contribution >= 0.6 is 11.3 Å². The molecule has 3 rings (SSSR count). The summed E-state index contributed by atoms with van der Waals surface area (Å²) in [5.74, 6) is 0.564. The van der Waals surface area contributed by atoms with Crippen molar-refractivity contribution in [2.75, 3.05) is 26.7 Å². The average molecular weight is 375 g/mol. The molecule has 1 aliphatic rings. The minimum atomic E-state index is -0.0914. The number of aromatic amines is 1. The SMILES string of the molecule is CC(=O)N1CCC(CNC(=O)N(C)Cc2cc(-c3cccs3)n[nH]2)CC1. The molecule has 7 nitrogen and oxygen atoms in total. The van der Waals surface area contributed by atoms with Crippen LogP contribution in [0, 0.1) is 5.92 Å². The number of hydrogen-bond acceptors (Lipinski definition) is 4. The first-order valence-electron chi connectivity index (χ1n) is 8.85. The van der Waals surface area contributed by atoms with E-state index in [1.54, 1.807) is 30.2 Å². The third-order valence-corrected chi connectivity index (χ3v) is 5.65. The van der Waals surface area contributed by atoms with E-state index < -0.39 is 0 Å². The highest BCUT2D eigenvalue weighted by atomic mass is 32.1. The third-order valence-electron chi connectivity index (χ3n) is 4.76. The van der Waals surface area contributed by atoms with Crippen LogP contribution in [0.3, 0.4) is 0 Å². The highest BCUT2D eigenvalue weighted by Crippen LogP contribution is 2.23. The van der Waals surface area contributed by atoms with E-state index in [9.17, 15) is 9.59 Å². The Bertz CT molecular complexity index is 735. The summed E-state index contributed by atoms with van der Waals surface area (Å²) in [7, 11) is 1.78. The Kier molecular flexibility index (Phi) is 5.92. The Labute approximate surface area is 157 Å². The van der Waals surface area contributed by atoms with Crippen LogP contribution in [-0.2, 0) is 11.3 Å². The van der Waals surface area contributed by atoms with E-state index in [0.29, 0.717) is 19.0 Å². The molecule has 3 amide bonds. The van der Waals surface area contributed by atoms with Gasteiger partial charge < -0.3 is 15.1 Å². The van der Waals surface area contributed by atoms with E-state index >= 15 is 0 Å². The van der Waals surface area contributed by atoms with Crippen LogP contribution < -0.4 is 5.32 Å². The third kappa shape index (κ3) is 4.63. The van der Waals surface area contributed by atoms with Crippen molar-refractivity contribution in [3.05, 3.63) is 29.3 Å². The van der Waals surface area contributed by atoms with Gasteiger partial charge in [0.15, 0.2) is 0 Å². The molecule has 2 N–H and O–H groups in total. The number of amides is 3. The fraction of sp³-hybridized carbons (Fsp3) is 0.500. The highest BCUT2D eigenvalue weighted by Gasteiger charge is 2.21. The van der Waals surface area contributed by atoms with Gasteiger partial charge in [-0.25, -0.2) is 4.79 Å². The van der Waals surface area contributed by atoms with E-state index in [-0.39, 0.29) is 11.9 Å². The number of carbonyl (C=O) groups is 2. The average Bonchev–Trinajstić information content (AvgIpc) is 3.31. The Morgan fingerprint density at radius 1 is 1.42 bits per heavy atom. The summed E-state index contributed by atoms with van der Waals surface area (Å²) in [4.78, 5) is 28.3. The van der Waals surface area contributed by atoms with Gasteiger partial charge in [-0.15, -0.1) is 11.3 Å². The number of nitrogens with zero attached hydrogens (tertiary/aromatic N) is 3. The van der Waals surface area contributed by atoms with Crippen molar-refractivity contribution in [3.8, 4) is 10.6 Å². The highest BCUT2D eigenvalue weighted by molar-refractivity contribution is 7.13. The van der Waals surface area contributed by atoms with Gasteiger partial charge in [-0.3, -0.25) is 9.89 Å². The second-order valence-corrected chi connectivity index (χ2v) is 7.69. The minimum Gasteiger partial charge on any atom is -0.343 e. The number of urea groups is 1. The van der Waals surface area contributed by atoms with Crippen LogP contribution in [0.25, 0.3) is 10.6 Å². The summed E-state index contributed by atoms with van der Waals surface area (Å²) in [5.41, 5.74) is 1.81. The molecule has 2 aromatic heterocycles. The van der Waals surface area contributed by atoms with E-state index in [1.807, 2.05) is 28.5 Å². The monoisotopic (exact) mass is 375 g/mol. The number of hydrogen-bond donors (Lipinski definition) is 2. The van der Waals surface area contributed by atoms with Gasteiger partial charge in [0.25, 0.3) is 0 Å². The predicted octanol–water partition coefficient (Wildman–Crippen LogP) is 2.54. The lowest BCUT2D eigenvalue weighted by atomic mass is 9.97. The standard InChI is InChI=1S/C18H25N5O2S/c1-13(24)23-7-5-14(6-8-23)11-19-18(25)22(2)12-15-10-16(21-20-15)17-4-3-9-26-17/h3-4,9-10,14H,5-8,11-12H2,1-2H3,(H,19,25)(H,20,21). The molecule has 0 atom stereocenters. The Hall–Kier alpha value is -2.35. The lowest BCUT2D eigenvalue weighted by molar-refractivity contribution is -0.130. The molecule has 1 aliphatic heterocycles. The van der Waals surface area contributed by atoms with Gasteiger partial charge in [0, 0.05) is 33.6 Å². The van der Waals surface area contributed by atoms with Gasteiger partial charge in [0.1, 0.15) is 5.69 Å². The van der Waals surface area contributed by atoms with Crippen molar-refractivity contribution < 1.29 is 9.59 Å². The molecule has 3 heterocycles. The summed E-state index contributed by atoms with van der Waals surface area (Å²) >= 11 is 1.64. The van der Waals surface area contributed by atoms with Crippen LogP contribution in [0.5, 0.6) is 0 Å². The molecule has 8 heteroatoms. The molecule has 26 heavy (non-hydrogen) atoms. The van der Waals surface area contributed by atoms with Gasteiger partial charge in [0.05, 0.1) is 17.1 Å². The molecule has 0 radical (unpaired) electrons. The number of likely N-dealkylation sites (tertiary alicyclic amines) is 1. The molecule has 0 bridgehead atoms. The molecule has 0 saturated carbocycles. The number of carbonyl (C=O) groups excluding carboxylic acids is 2. The zero-order valence-electron chi connectivity index (χ0n) is 15.2. The maximum atomic E-state index is 12.3. The van der Waals surface area contributed by atoms with E-state index in [4.69, 9.17) is 0 Å². The van der Waals surface area contributed by atoms with Gasteiger partial charge in [-0.2, -0.15) is 5.10 Å². The van der Waals surface area contributed by atoms with Crippen molar-refractivity contribution >= 4 is 23.3 Å². The molecule has 0 aromatic carbocycles. The summed E-state index contributed by atoms with van der Waals surface area (Å²) in [6.45, 7) is 4.30. The fourth-order valence-corrected chi connectivity index (χ4v) is 3.83. The lowest BCUT2D eigenvalue weighted by Crippen LogP contribution is -2.43. The molecule has 0 spiro atoms. The zero-order valence-corrected chi connectivity index (χ0v) is 16.0. The number of aromatic nitrogens is 2. The maximum Gasteiger partial charge on any atom is 0.317 e.